The van der Waals surface area contributed by atoms with E-state index in [9.17, 15) is 14.0 Å². The van der Waals surface area contributed by atoms with Gasteiger partial charge in [-0.05, 0) is 24.3 Å². The molecule has 0 aliphatic heterocycles. The first-order valence-electron chi connectivity index (χ1n) is 8.62. The summed E-state index contributed by atoms with van der Waals surface area (Å²) in [4.78, 5) is 12.8. The highest BCUT2D eigenvalue weighted by molar-refractivity contribution is 5.79. The van der Waals surface area contributed by atoms with Crippen LogP contribution in [0.15, 0.2) is 53.5 Å². The van der Waals surface area contributed by atoms with Crippen LogP contribution in [0.5, 0.6) is 0 Å². The van der Waals surface area contributed by atoms with Gasteiger partial charge >= 0.3 is 0 Å². The first kappa shape index (κ1) is 17.8. The Labute approximate surface area is 159 Å². The van der Waals surface area contributed by atoms with Crippen molar-refractivity contribution >= 4 is 5.65 Å². The summed E-state index contributed by atoms with van der Waals surface area (Å²) < 4.78 is 33.2. The Morgan fingerprint density at radius 2 is 2.07 bits per heavy atom. The molecular formula is C20H15F2N5O. The van der Waals surface area contributed by atoms with Gasteiger partial charge in [0.15, 0.2) is 11.7 Å². The van der Waals surface area contributed by atoms with E-state index in [1.165, 1.54) is 13.1 Å². The molecule has 140 valence electrons. The van der Waals surface area contributed by atoms with Gasteiger partial charge in [0.25, 0.3) is 0 Å². The molecule has 1 unspecified atom stereocenters. The number of alkyl halides is 2. The summed E-state index contributed by atoms with van der Waals surface area (Å²) in [7, 11) is 0. The largest absolute Gasteiger partial charge is 0.441 e. The molecule has 4 heterocycles. The first-order chi connectivity index (χ1) is 13.5. The third-order valence-electron chi connectivity index (χ3n) is 4.43. The zero-order valence-electron chi connectivity index (χ0n) is 14.9. The number of imidazole rings is 1. The minimum absolute atomic E-state index is 0.0384. The van der Waals surface area contributed by atoms with E-state index in [0.29, 0.717) is 17.0 Å². The molecule has 4 rings (SSSR count). The van der Waals surface area contributed by atoms with Crippen molar-refractivity contribution in [2.75, 3.05) is 0 Å². The van der Waals surface area contributed by atoms with Gasteiger partial charge in [0, 0.05) is 42.1 Å². The van der Waals surface area contributed by atoms with Gasteiger partial charge in [0.1, 0.15) is 17.4 Å². The topological polar surface area (TPSA) is 80.0 Å². The second-order valence-electron chi connectivity index (χ2n) is 6.45. The van der Waals surface area contributed by atoms with E-state index < -0.39 is 12.3 Å². The Bertz CT molecular complexity index is 1170. The van der Waals surface area contributed by atoms with E-state index in [1.807, 2.05) is 35.0 Å². The van der Waals surface area contributed by atoms with Gasteiger partial charge < -0.3 is 8.82 Å². The molecule has 8 heteroatoms. The Balaban J connectivity index is 1.77. The van der Waals surface area contributed by atoms with Crippen LogP contribution in [0.1, 0.15) is 18.5 Å². The van der Waals surface area contributed by atoms with Crippen LogP contribution >= 0.6 is 0 Å². The maximum Gasteiger partial charge on any atom is 0.241 e. The zero-order valence-corrected chi connectivity index (χ0v) is 14.9. The Morgan fingerprint density at radius 1 is 1.21 bits per heavy atom. The summed E-state index contributed by atoms with van der Waals surface area (Å²) in [5, 5.41) is 9.23. The summed E-state index contributed by atoms with van der Waals surface area (Å²) in [6, 6.07) is 9.04. The van der Waals surface area contributed by atoms with Crippen molar-refractivity contribution in [3.63, 3.8) is 0 Å². The smallest absolute Gasteiger partial charge is 0.241 e. The Kier molecular flexibility index (Phi) is 4.57. The average Bonchev–Trinajstić information content (AvgIpc) is 3.36. The zero-order chi connectivity index (χ0) is 19.7. The van der Waals surface area contributed by atoms with Crippen LogP contribution in [-0.2, 0) is 6.42 Å². The molecule has 28 heavy (non-hydrogen) atoms. The monoisotopic (exact) mass is 379 g/mol. The second kappa shape index (κ2) is 7.19. The quantitative estimate of drug-likeness (QED) is 0.514. The summed E-state index contributed by atoms with van der Waals surface area (Å²) in [5.74, 6) is -0.207. The van der Waals surface area contributed by atoms with Crippen molar-refractivity contribution in [1.29, 1.82) is 5.26 Å². The summed E-state index contributed by atoms with van der Waals surface area (Å²) in [5.41, 5.74) is 2.90. The number of oxazole rings is 1. The lowest BCUT2D eigenvalue weighted by atomic mass is 10.0. The molecular weight excluding hydrogens is 364 g/mol. The molecule has 0 radical (unpaired) electrons. The summed E-state index contributed by atoms with van der Waals surface area (Å²) in [6.07, 6.45) is 4.45. The number of nitrogens with zero attached hydrogens (tertiary/aromatic N) is 5. The van der Waals surface area contributed by atoms with Crippen LogP contribution in [0.3, 0.4) is 0 Å². The molecule has 4 aromatic heterocycles. The van der Waals surface area contributed by atoms with E-state index in [2.05, 4.69) is 15.0 Å². The van der Waals surface area contributed by atoms with Crippen molar-refractivity contribution in [3.8, 4) is 28.7 Å². The number of fused-ring (bicyclic) bond motifs is 1. The summed E-state index contributed by atoms with van der Waals surface area (Å²) >= 11 is 0. The van der Waals surface area contributed by atoms with Crippen LogP contribution < -0.4 is 0 Å². The van der Waals surface area contributed by atoms with Crippen molar-refractivity contribution in [2.24, 2.45) is 5.92 Å². The minimum atomic E-state index is -2.44. The third-order valence-corrected chi connectivity index (χ3v) is 4.43. The molecule has 0 aromatic carbocycles. The maximum absolute atomic E-state index is 12.8. The normalized spacial score (nSPS) is 12.4. The van der Waals surface area contributed by atoms with E-state index in [0.717, 1.165) is 11.2 Å². The highest BCUT2D eigenvalue weighted by Gasteiger charge is 2.20. The van der Waals surface area contributed by atoms with Crippen LogP contribution in [-0.4, -0.2) is 25.8 Å². The van der Waals surface area contributed by atoms with E-state index >= 15 is 0 Å². The van der Waals surface area contributed by atoms with E-state index in [-0.39, 0.29) is 18.0 Å². The maximum atomic E-state index is 12.8. The van der Waals surface area contributed by atoms with E-state index in [1.54, 1.807) is 18.3 Å². The third kappa shape index (κ3) is 3.34. The van der Waals surface area contributed by atoms with Gasteiger partial charge in [-0.3, -0.25) is 0 Å². The highest BCUT2D eigenvalue weighted by Crippen LogP contribution is 2.32. The Hall–Kier alpha value is -3.60. The lowest BCUT2D eigenvalue weighted by Crippen LogP contribution is -2.09. The SMILES string of the molecule is CC(Cc1ncc(-c2ccc(C#N)nc2-c2ccn3ccnc3c2)o1)C(F)F. The predicted molar refractivity (Wildman–Crippen MR) is 97.5 cm³/mol. The number of hydrogen-bond acceptors (Lipinski definition) is 5. The van der Waals surface area contributed by atoms with Gasteiger partial charge in [0.05, 0.1) is 11.9 Å². The van der Waals surface area contributed by atoms with Gasteiger partial charge in [-0.2, -0.15) is 5.26 Å². The number of pyridine rings is 2. The van der Waals surface area contributed by atoms with Crippen molar-refractivity contribution in [2.45, 2.75) is 19.8 Å². The first-order valence-corrected chi connectivity index (χ1v) is 8.62. The fourth-order valence-corrected chi connectivity index (χ4v) is 2.89. The lowest BCUT2D eigenvalue weighted by Gasteiger charge is -2.08. The van der Waals surface area contributed by atoms with Crippen molar-refractivity contribution in [1.82, 2.24) is 19.4 Å². The molecule has 0 spiro atoms. The molecule has 0 fully saturated rings. The molecule has 0 aliphatic rings. The second-order valence-corrected chi connectivity index (χ2v) is 6.45. The minimum Gasteiger partial charge on any atom is -0.441 e. The predicted octanol–water partition coefficient (Wildman–Crippen LogP) is 4.37. The number of rotatable bonds is 5. The van der Waals surface area contributed by atoms with Gasteiger partial charge in [-0.1, -0.05) is 6.92 Å². The molecule has 0 saturated carbocycles. The number of nitriles is 1. The summed E-state index contributed by atoms with van der Waals surface area (Å²) in [6.45, 7) is 1.45. The molecule has 4 aromatic rings. The van der Waals surface area contributed by atoms with Gasteiger partial charge in [0.2, 0.25) is 6.43 Å². The molecule has 1 atom stereocenters. The fraction of sp³-hybridized carbons (Fsp3) is 0.200. The average molecular weight is 379 g/mol. The van der Waals surface area contributed by atoms with Crippen LogP contribution in [0, 0.1) is 17.2 Å². The molecule has 0 amide bonds. The molecule has 0 N–H and O–H groups in total. The van der Waals surface area contributed by atoms with Crippen molar-refractivity contribution in [3.05, 3.63) is 60.6 Å². The fourth-order valence-electron chi connectivity index (χ4n) is 2.89. The number of hydrogen-bond donors (Lipinski definition) is 0. The highest BCUT2D eigenvalue weighted by atomic mass is 19.3. The Morgan fingerprint density at radius 3 is 2.86 bits per heavy atom. The van der Waals surface area contributed by atoms with E-state index in [4.69, 9.17) is 4.42 Å². The molecule has 6 nitrogen and oxygen atoms in total. The van der Waals surface area contributed by atoms with Crippen LogP contribution in [0.4, 0.5) is 8.78 Å². The van der Waals surface area contributed by atoms with Gasteiger partial charge in [-0.25, -0.2) is 23.7 Å². The van der Waals surface area contributed by atoms with Crippen LogP contribution in [0.25, 0.3) is 28.2 Å². The lowest BCUT2D eigenvalue weighted by molar-refractivity contribution is 0.0831. The molecule has 0 saturated heterocycles. The number of halogens is 2. The standard InChI is InChI=1S/C20H15F2N5O/c1-12(20(21)22)8-18-25-11-16(28-18)15-3-2-14(10-23)26-19(15)13-4-6-27-7-5-24-17(27)9-13/h2-7,9,11-12,20H,8H2,1H3. The van der Waals surface area contributed by atoms with Crippen LogP contribution in [0.2, 0.25) is 0 Å². The number of aromatic nitrogens is 4. The molecule has 0 bridgehead atoms. The van der Waals surface area contributed by atoms with Gasteiger partial charge in [-0.15, -0.1) is 0 Å². The molecule has 0 aliphatic carbocycles. The van der Waals surface area contributed by atoms with Crippen molar-refractivity contribution < 1.29 is 13.2 Å².